The third-order valence-corrected chi connectivity index (χ3v) is 6.09. The molecule has 0 radical (unpaired) electrons. The standard InChI is InChI=1S/C26H22N2O2/c1-17-22(18-10-4-2-5-11-18)16-23-20-14-8-9-15-21(20)26(30)28(23)24(17)27-25(29)19-12-6-3-7-13-19/h2-17,22,24H,1H3,(H,27,29)/t17-,22+,24-/m0/s1. The number of nitrogens with zero attached hydrogens (tertiary/aromatic N) is 1. The molecule has 2 heterocycles. The van der Waals surface area contributed by atoms with Crippen molar-refractivity contribution in [1.29, 1.82) is 0 Å². The van der Waals surface area contributed by atoms with Crippen LogP contribution in [0.2, 0.25) is 0 Å². The summed E-state index contributed by atoms with van der Waals surface area (Å²) < 4.78 is 0. The highest BCUT2D eigenvalue weighted by Crippen LogP contribution is 2.44. The number of benzene rings is 3. The van der Waals surface area contributed by atoms with Gasteiger partial charge in [0.1, 0.15) is 6.17 Å². The van der Waals surface area contributed by atoms with Gasteiger partial charge in [0.05, 0.1) is 5.70 Å². The molecule has 2 aliphatic heterocycles. The second-order valence-corrected chi connectivity index (χ2v) is 7.85. The first-order valence-electron chi connectivity index (χ1n) is 10.2. The molecular formula is C26H22N2O2. The first-order valence-corrected chi connectivity index (χ1v) is 10.2. The summed E-state index contributed by atoms with van der Waals surface area (Å²) in [5, 5.41) is 3.15. The van der Waals surface area contributed by atoms with Crippen molar-refractivity contribution >= 4 is 17.5 Å². The smallest absolute Gasteiger partial charge is 0.260 e. The van der Waals surface area contributed by atoms with Crippen LogP contribution in [0.4, 0.5) is 0 Å². The van der Waals surface area contributed by atoms with Gasteiger partial charge in [0.15, 0.2) is 0 Å². The molecule has 0 bridgehead atoms. The lowest BCUT2D eigenvalue weighted by molar-refractivity contribution is 0.0662. The SMILES string of the molecule is C[C@@H]1[C@@H](NC(=O)c2ccccc2)N2C(=O)c3ccccc3C2=C[C@H]1c1ccccc1. The fraction of sp³-hybridized carbons (Fsp3) is 0.154. The number of hydrogen-bond donors (Lipinski definition) is 1. The van der Waals surface area contributed by atoms with Crippen molar-refractivity contribution in [2.24, 2.45) is 5.92 Å². The maximum Gasteiger partial charge on any atom is 0.260 e. The molecule has 2 aliphatic rings. The van der Waals surface area contributed by atoms with E-state index in [1.165, 1.54) is 5.56 Å². The minimum Gasteiger partial charge on any atom is -0.331 e. The summed E-state index contributed by atoms with van der Waals surface area (Å²) in [5.74, 6) is -0.155. The Labute approximate surface area is 175 Å². The maximum absolute atomic E-state index is 13.3. The molecule has 0 saturated carbocycles. The zero-order valence-corrected chi connectivity index (χ0v) is 16.7. The summed E-state index contributed by atoms with van der Waals surface area (Å²) in [5.41, 5.74) is 4.24. The molecule has 0 aliphatic carbocycles. The van der Waals surface area contributed by atoms with Gasteiger partial charge < -0.3 is 5.32 Å². The summed E-state index contributed by atoms with van der Waals surface area (Å²) in [6.07, 6.45) is 1.73. The highest BCUT2D eigenvalue weighted by atomic mass is 16.2. The van der Waals surface area contributed by atoms with Crippen LogP contribution in [0, 0.1) is 5.92 Å². The average Bonchev–Trinajstić information content (AvgIpc) is 3.08. The minimum absolute atomic E-state index is 0.00192. The minimum atomic E-state index is -0.442. The zero-order valence-electron chi connectivity index (χ0n) is 16.7. The molecule has 5 rings (SSSR count). The Bertz CT molecular complexity index is 1140. The number of amides is 2. The Balaban J connectivity index is 1.59. The largest absolute Gasteiger partial charge is 0.331 e. The van der Waals surface area contributed by atoms with Crippen molar-refractivity contribution < 1.29 is 9.59 Å². The van der Waals surface area contributed by atoms with Gasteiger partial charge in [-0.3, -0.25) is 14.5 Å². The number of carbonyl (C=O) groups excluding carboxylic acids is 2. The van der Waals surface area contributed by atoms with E-state index in [9.17, 15) is 9.59 Å². The van der Waals surface area contributed by atoms with E-state index in [4.69, 9.17) is 0 Å². The maximum atomic E-state index is 13.3. The van der Waals surface area contributed by atoms with Crippen molar-refractivity contribution in [2.75, 3.05) is 0 Å². The van der Waals surface area contributed by atoms with Gasteiger partial charge in [0.25, 0.3) is 11.8 Å². The molecule has 0 fully saturated rings. The fourth-order valence-electron chi connectivity index (χ4n) is 4.54. The number of allylic oxidation sites excluding steroid dienone is 1. The Morgan fingerprint density at radius 1 is 0.833 bits per heavy atom. The Kier molecular flexibility index (Phi) is 4.47. The summed E-state index contributed by atoms with van der Waals surface area (Å²) in [4.78, 5) is 28.0. The molecule has 2 amide bonds. The Hall–Kier alpha value is -3.66. The van der Waals surface area contributed by atoms with Crippen LogP contribution in [0.3, 0.4) is 0 Å². The second kappa shape index (κ2) is 7.30. The van der Waals surface area contributed by atoms with Crippen LogP contribution in [0.25, 0.3) is 5.70 Å². The third-order valence-electron chi connectivity index (χ3n) is 6.09. The quantitative estimate of drug-likeness (QED) is 0.702. The number of rotatable bonds is 3. The van der Waals surface area contributed by atoms with Crippen molar-refractivity contribution in [3.63, 3.8) is 0 Å². The van der Waals surface area contributed by atoms with E-state index < -0.39 is 6.17 Å². The van der Waals surface area contributed by atoms with Gasteiger partial charge in [-0.25, -0.2) is 0 Å². The predicted molar refractivity (Wildman–Crippen MR) is 117 cm³/mol. The summed E-state index contributed by atoms with van der Waals surface area (Å²) in [6, 6.07) is 27.1. The van der Waals surface area contributed by atoms with Crippen LogP contribution in [-0.2, 0) is 0 Å². The lowest BCUT2D eigenvalue weighted by Crippen LogP contribution is -2.54. The molecule has 4 nitrogen and oxygen atoms in total. The van der Waals surface area contributed by atoms with E-state index in [-0.39, 0.29) is 23.7 Å². The fourth-order valence-corrected chi connectivity index (χ4v) is 4.54. The van der Waals surface area contributed by atoms with Gasteiger partial charge >= 0.3 is 0 Å². The van der Waals surface area contributed by atoms with Gasteiger partial charge in [-0.15, -0.1) is 0 Å². The Morgan fingerprint density at radius 2 is 1.43 bits per heavy atom. The van der Waals surface area contributed by atoms with Crippen LogP contribution in [0.1, 0.15) is 44.7 Å². The lowest BCUT2D eigenvalue weighted by atomic mass is 9.81. The molecule has 3 atom stereocenters. The van der Waals surface area contributed by atoms with Gasteiger partial charge in [0.2, 0.25) is 0 Å². The van der Waals surface area contributed by atoms with E-state index in [1.54, 1.807) is 17.0 Å². The van der Waals surface area contributed by atoms with E-state index in [0.717, 1.165) is 11.3 Å². The van der Waals surface area contributed by atoms with Crippen molar-refractivity contribution in [2.45, 2.75) is 19.0 Å². The molecule has 3 aromatic carbocycles. The number of nitrogens with one attached hydrogen (secondary N) is 1. The molecular weight excluding hydrogens is 372 g/mol. The molecule has 0 spiro atoms. The zero-order chi connectivity index (χ0) is 20.7. The number of carbonyl (C=O) groups is 2. The number of fused-ring (bicyclic) bond motifs is 3. The van der Waals surface area contributed by atoms with E-state index in [0.29, 0.717) is 11.1 Å². The normalized spacial score (nSPS) is 22.2. The van der Waals surface area contributed by atoms with E-state index >= 15 is 0 Å². The van der Waals surface area contributed by atoms with Crippen LogP contribution < -0.4 is 5.32 Å². The summed E-state index contributed by atoms with van der Waals surface area (Å²) >= 11 is 0. The molecule has 30 heavy (non-hydrogen) atoms. The lowest BCUT2D eigenvalue weighted by Gasteiger charge is -2.41. The number of hydrogen-bond acceptors (Lipinski definition) is 2. The van der Waals surface area contributed by atoms with Crippen molar-refractivity contribution in [3.05, 3.63) is 113 Å². The molecule has 1 N–H and O–H groups in total. The summed E-state index contributed by atoms with van der Waals surface area (Å²) in [6.45, 7) is 2.09. The second-order valence-electron chi connectivity index (χ2n) is 7.85. The molecule has 0 aromatic heterocycles. The van der Waals surface area contributed by atoms with Crippen LogP contribution >= 0.6 is 0 Å². The molecule has 4 heteroatoms. The highest BCUT2D eigenvalue weighted by molar-refractivity contribution is 6.10. The third kappa shape index (κ3) is 2.92. The van der Waals surface area contributed by atoms with Crippen LogP contribution in [-0.4, -0.2) is 22.9 Å². The first kappa shape index (κ1) is 18.4. The predicted octanol–water partition coefficient (Wildman–Crippen LogP) is 4.67. The Morgan fingerprint density at radius 3 is 2.13 bits per heavy atom. The summed E-state index contributed by atoms with van der Waals surface area (Å²) in [7, 11) is 0. The van der Waals surface area contributed by atoms with Gasteiger partial charge in [-0.05, 0) is 23.8 Å². The van der Waals surface area contributed by atoms with Gasteiger partial charge in [0, 0.05) is 28.5 Å². The molecule has 0 saturated heterocycles. The monoisotopic (exact) mass is 394 g/mol. The molecule has 0 unspecified atom stereocenters. The first-order chi connectivity index (χ1) is 14.6. The van der Waals surface area contributed by atoms with E-state index in [1.807, 2.05) is 60.7 Å². The average molecular weight is 394 g/mol. The molecule has 148 valence electrons. The van der Waals surface area contributed by atoms with Gasteiger partial charge in [-0.1, -0.05) is 79.7 Å². The van der Waals surface area contributed by atoms with E-state index in [2.05, 4.69) is 30.4 Å². The topological polar surface area (TPSA) is 49.4 Å². The highest BCUT2D eigenvalue weighted by Gasteiger charge is 2.45. The van der Waals surface area contributed by atoms with Gasteiger partial charge in [-0.2, -0.15) is 0 Å². The van der Waals surface area contributed by atoms with Crippen molar-refractivity contribution in [3.8, 4) is 0 Å². The van der Waals surface area contributed by atoms with Crippen LogP contribution in [0.5, 0.6) is 0 Å². The molecule has 3 aromatic rings. The van der Waals surface area contributed by atoms with Crippen molar-refractivity contribution in [1.82, 2.24) is 10.2 Å². The van der Waals surface area contributed by atoms with Crippen LogP contribution in [0.15, 0.2) is 91.0 Å².